The van der Waals surface area contributed by atoms with Crippen LogP contribution in [0.1, 0.15) is 41.7 Å². The molecule has 9 heteroatoms. The number of ether oxygens (including phenoxy) is 2. The van der Waals surface area contributed by atoms with E-state index in [-0.39, 0.29) is 29.5 Å². The van der Waals surface area contributed by atoms with Crippen LogP contribution in [0.3, 0.4) is 0 Å². The Labute approximate surface area is 190 Å². The number of hydrogen-bond donors (Lipinski definition) is 1. The first-order chi connectivity index (χ1) is 15.3. The number of amides is 2. The van der Waals surface area contributed by atoms with E-state index in [9.17, 15) is 18.4 Å². The third kappa shape index (κ3) is 5.88. The fourth-order valence-electron chi connectivity index (χ4n) is 3.74. The summed E-state index contributed by atoms with van der Waals surface area (Å²) in [6, 6.07) is 10.8. The summed E-state index contributed by atoms with van der Waals surface area (Å²) in [7, 11) is 1.49. The molecule has 1 unspecified atom stereocenters. The molecule has 1 aliphatic rings. The van der Waals surface area contributed by atoms with Gasteiger partial charge in [0.2, 0.25) is 5.91 Å². The zero-order valence-electron chi connectivity index (χ0n) is 17.8. The van der Waals surface area contributed by atoms with Crippen LogP contribution in [0.2, 0.25) is 5.02 Å². The number of methoxy groups -OCH3 is 1. The zero-order valence-corrected chi connectivity index (χ0v) is 18.6. The Morgan fingerprint density at radius 1 is 1.16 bits per heavy atom. The van der Waals surface area contributed by atoms with E-state index >= 15 is 0 Å². The molecule has 0 radical (unpaired) electrons. The summed E-state index contributed by atoms with van der Waals surface area (Å²) in [5.41, 5.74) is 1.06. The number of benzene rings is 2. The number of rotatable bonds is 7. The molecule has 2 aromatic carbocycles. The Morgan fingerprint density at radius 3 is 2.53 bits per heavy atom. The number of carbonyl (C=O) groups excluding carboxylic acids is 2. The summed E-state index contributed by atoms with van der Waals surface area (Å²) < 4.78 is 34.5. The van der Waals surface area contributed by atoms with E-state index in [1.54, 1.807) is 42.2 Å². The fraction of sp³-hybridized carbons (Fsp3) is 0.391. The molecule has 0 aromatic heterocycles. The van der Waals surface area contributed by atoms with Crippen LogP contribution in [0.5, 0.6) is 11.5 Å². The topological polar surface area (TPSA) is 67.9 Å². The quantitative estimate of drug-likeness (QED) is 0.643. The van der Waals surface area contributed by atoms with E-state index in [1.165, 1.54) is 19.2 Å². The third-order valence-corrected chi connectivity index (χ3v) is 5.72. The Morgan fingerprint density at radius 2 is 1.88 bits per heavy atom. The molecule has 6 nitrogen and oxygen atoms in total. The summed E-state index contributed by atoms with van der Waals surface area (Å²) in [6.07, 6.45) is 1.03. The molecular formula is C23H25ClF2N2O4. The van der Waals surface area contributed by atoms with Gasteiger partial charge in [-0.05, 0) is 55.7 Å². The maximum atomic E-state index is 12.9. The molecule has 1 N–H and O–H groups in total. The van der Waals surface area contributed by atoms with Crippen LogP contribution in [0.15, 0.2) is 42.5 Å². The van der Waals surface area contributed by atoms with Crippen molar-refractivity contribution < 1.29 is 27.8 Å². The van der Waals surface area contributed by atoms with Gasteiger partial charge >= 0.3 is 6.61 Å². The molecule has 1 aliphatic heterocycles. The first kappa shape index (κ1) is 23.8. The lowest BCUT2D eigenvalue weighted by molar-refractivity contribution is -0.127. The average molecular weight is 467 g/mol. The van der Waals surface area contributed by atoms with E-state index in [4.69, 9.17) is 16.3 Å². The van der Waals surface area contributed by atoms with Crippen LogP contribution < -0.4 is 14.8 Å². The molecule has 32 heavy (non-hydrogen) atoms. The van der Waals surface area contributed by atoms with E-state index < -0.39 is 6.61 Å². The number of alkyl halides is 2. The fourth-order valence-corrected chi connectivity index (χ4v) is 3.91. The largest absolute Gasteiger partial charge is 0.496 e. The molecule has 2 aromatic rings. The molecular weight excluding hydrogens is 442 g/mol. The van der Waals surface area contributed by atoms with Crippen molar-refractivity contribution in [3.63, 3.8) is 0 Å². The number of halogens is 3. The summed E-state index contributed by atoms with van der Waals surface area (Å²) in [5.74, 6) is -0.0752. The number of hydrogen-bond acceptors (Lipinski definition) is 4. The van der Waals surface area contributed by atoms with Crippen molar-refractivity contribution in [1.82, 2.24) is 10.2 Å². The first-order valence-electron chi connectivity index (χ1n) is 10.3. The second kappa shape index (κ2) is 10.6. The number of nitrogens with zero attached hydrogens (tertiary/aromatic N) is 1. The summed E-state index contributed by atoms with van der Waals surface area (Å²) in [6.45, 7) is -0.268. The molecule has 3 rings (SSSR count). The monoisotopic (exact) mass is 466 g/mol. The SMILES string of the molecule is COc1ccc(Cl)cc1C(=O)N1CCC(C(=O)NC(C)c2cccc(OC(F)F)c2)CC1. The first-order valence-corrected chi connectivity index (χ1v) is 10.6. The van der Waals surface area contributed by atoms with Crippen molar-refractivity contribution in [2.24, 2.45) is 5.92 Å². The van der Waals surface area contributed by atoms with Crippen molar-refractivity contribution in [1.29, 1.82) is 0 Å². The third-order valence-electron chi connectivity index (χ3n) is 5.49. The van der Waals surface area contributed by atoms with E-state index in [1.807, 2.05) is 0 Å². The predicted octanol–water partition coefficient (Wildman–Crippen LogP) is 4.68. The molecule has 0 aliphatic carbocycles. The minimum absolute atomic E-state index is 0.0434. The van der Waals surface area contributed by atoms with Gasteiger partial charge in [0.25, 0.3) is 5.91 Å². The Hall–Kier alpha value is -2.87. The Bertz CT molecular complexity index is 965. The molecule has 1 heterocycles. The number of likely N-dealkylation sites (tertiary alicyclic amines) is 1. The lowest BCUT2D eigenvalue weighted by atomic mass is 9.94. The normalized spacial score (nSPS) is 15.4. The maximum Gasteiger partial charge on any atom is 0.387 e. The summed E-state index contributed by atoms with van der Waals surface area (Å²) >= 11 is 6.03. The predicted molar refractivity (Wildman–Crippen MR) is 116 cm³/mol. The van der Waals surface area contributed by atoms with Crippen molar-refractivity contribution in [3.8, 4) is 11.5 Å². The van der Waals surface area contributed by atoms with Crippen molar-refractivity contribution in [2.45, 2.75) is 32.4 Å². The lowest BCUT2D eigenvalue weighted by Crippen LogP contribution is -2.43. The van der Waals surface area contributed by atoms with Gasteiger partial charge in [0.1, 0.15) is 11.5 Å². The van der Waals surface area contributed by atoms with Crippen LogP contribution >= 0.6 is 11.6 Å². The molecule has 0 spiro atoms. The van der Waals surface area contributed by atoms with Gasteiger partial charge in [0, 0.05) is 24.0 Å². The van der Waals surface area contributed by atoms with Gasteiger partial charge in [-0.2, -0.15) is 8.78 Å². The van der Waals surface area contributed by atoms with Gasteiger partial charge in [-0.3, -0.25) is 9.59 Å². The van der Waals surface area contributed by atoms with Gasteiger partial charge in [0.15, 0.2) is 0 Å². The van der Waals surface area contributed by atoms with Gasteiger partial charge in [-0.1, -0.05) is 23.7 Å². The molecule has 1 saturated heterocycles. The average Bonchev–Trinajstić information content (AvgIpc) is 2.78. The van der Waals surface area contributed by atoms with Gasteiger partial charge < -0.3 is 19.7 Å². The van der Waals surface area contributed by atoms with Crippen molar-refractivity contribution >= 4 is 23.4 Å². The number of piperidine rings is 1. The standard InChI is InChI=1S/C23H25ClF2N2O4/c1-14(16-4-3-5-18(12-16)32-23(25)26)27-21(29)15-8-10-28(11-9-15)22(30)19-13-17(24)6-7-20(19)31-2/h3-7,12-15,23H,8-11H2,1-2H3,(H,27,29). The molecule has 1 atom stereocenters. The lowest BCUT2D eigenvalue weighted by Gasteiger charge is -2.32. The van der Waals surface area contributed by atoms with Crippen LogP contribution in [0.25, 0.3) is 0 Å². The molecule has 0 saturated carbocycles. The number of carbonyl (C=O) groups is 2. The van der Waals surface area contributed by atoms with Crippen LogP contribution in [0, 0.1) is 5.92 Å². The molecule has 1 fully saturated rings. The minimum Gasteiger partial charge on any atom is -0.496 e. The van der Waals surface area contributed by atoms with Gasteiger partial charge in [-0.25, -0.2) is 0 Å². The van der Waals surface area contributed by atoms with Crippen LogP contribution in [0.4, 0.5) is 8.78 Å². The Kier molecular flexibility index (Phi) is 7.90. The summed E-state index contributed by atoms with van der Waals surface area (Å²) in [4.78, 5) is 27.3. The molecule has 172 valence electrons. The maximum absolute atomic E-state index is 12.9. The van der Waals surface area contributed by atoms with Crippen LogP contribution in [-0.2, 0) is 4.79 Å². The smallest absolute Gasteiger partial charge is 0.387 e. The summed E-state index contributed by atoms with van der Waals surface area (Å²) in [5, 5.41) is 3.37. The van der Waals surface area contributed by atoms with Crippen LogP contribution in [-0.4, -0.2) is 43.5 Å². The molecule has 0 bridgehead atoms. The van der Waals surface area contributed by atoms with E-state index in [0.29, 0.717) is 47.8 Å². The highest BCUT2D eigenvalue weighted by Gasteiger charge is 2.29. The Balaban J connectivity index is 1.56. The van der Waals surface area contributed by atoms with E-state index in [0.717, 1.165) is 0 Å². The number of nitrogens with one attached hydrogen (secondary N) is 1. The zero-order chi connectivity index (χ0) is 23.3. The molecule has 2 amide bonds. The highest BCUT2D eigenvalue weighted by molar-refractivity contribution is 6.31. The van der Waals surface area contributed by atoms with Gasteiger partial charge in [-0.15, -0.1) is 0 Å². The minimum atomic E-state index is -2.91. The van der Waals surface area contributed by atoms with Crippen molar-refractivity contribution in [3.05, 3.63) is 58.6 Å². The van der Waals surface area contributed by atoms with Gasteiger partial charge in [0.05, 0.1) is 18.7 Å². The highest BCUT2D eigenvalue weighted by Crippen LogP contribution is 2.27. The second-order valence-corrected chi connectivity index (χ2v) is 8.03. The highest BCUT2D eigenvalue weighted by atomic mass is 35.5. The van der Waals surface area contributed by atoms with Crippen molar-refractivity contribution in [2.75, 3.05) is 20.2 Å². The second-order valence-electron chi connectivity index (χ2n) is 7.59. The van der Waals surface area contributed by atoms with E-state index in [2.05, 4.69) is 10.1 Å².